The first-order chi connectivity index (χ1) is 15.5. The summed E-state index contributed by atoms with van der Waals surface area (Å²) in [5.41, 5.74) is 4.10. The number of nitrogens with zero attached hydrogens (tertiary/aromatic N) is 2. The van der Waals surface area contributed by atoms with Gasteiger partial charge >= 0.3 is 0 Å². The number of ether oxygens (including phenoxy) is 1. The number of carbonyl (C=O) groups excluding carboxylic acids is 1. The molecule has 1 amide bonds. The van der Waals surface area contributed by atoms with E-state index in [1.165, 1.54) is 17.3 Å². The van der Waals surface area contributed by atoms with E-state index in [2.05, 4.69) is 0 Å². The molecule has 0 aromatic heterocycles. The van der Waals surface area contributed by atoms with E-state index in [-0.39, 0.29) is 11.9 Å². The van der Waals surface area contributed by atoms with Crippen molar-refractivity contribution in [2.45, 2.75) is 33.4 Å². The van der Waals surface area contributed by atoms with Crippen LogP contribution >= 0.6 is 11.8 Å². The second-order valence-corrected chi connectivity index (χ2v) is 8.96. The highest BCUT2D eigenvalue weighted by molar-refractivity contribution is 8.18. The van der Waals surface area contributed by atoms with Crippen LogP contribution in [-0.2, 0) is 11.4 Å². The van der Waals surface area contributed by atoms with Gasteiger partial charge in [-0.05, 0) is 74.0 Å². The molecule has 3 aromatic carbocycles. The standard InChI is InChI=1S/C27H26N2O2S/c1-19(2)29-26(30)25(32-27(29)28-23-13-9-20(3)10-14-23)17-21-11-15-24(16-12-21)31-18-22-7-5-4-6-8-22/h4-17,19H,18H2,1-3H3/b25-17+,28-27?. The first-order valence-electron chi connectivity index (χ1n) is 10.6. The van der Waals surface area contributed by atoms with Gasteiger partial charge in [-0.25, -0.2) is 4.99 Å². The van der Waals surface area contributed by atoms with Crippen molar-refractivity contribution in [2.75, 3.05) is 0 Å². The van der Waals surface area contributed by atoms with Crippen molar-refractivity contribution < 1.29 is 9.53 Å². The van der Waals surface area contributed by atoms with E-state index in [0.717, 1.165) is 22.6 Å². The molecule has 0 spiro atoms. The maximum absolute atomic E-state index is 13.1. The number of rotatable bonds is 6. The minimum atomic E-state index is -0.0136. The molecule has 0 bridgehead atoms. The van der Waals surface area contributed by atoms with Gasteiger partial charge in [-0.2, -0.15) is 0 Å². The van der Waals surface area contributed by atoms with Gasteiger partial charge in [0.05, 0.1) is 10.6 Å². The van der Waals surface area contributed by atoms with Crippen LogP contribution in [0, 0.1) is 6.92 Å². The highest BCUT2D eigenvalue weighted by Crippen LogP contribution is 2.35. The number of thioether (sulfide) groups is 1. The summed E-state index contributed by atoms with van der Waals surface area (Å²) in [6.07, 6.45) is 1.92. The molecule has 0 saturated carbocycles. The normalized spacial score (nSPS) is 16.4. The molecular weight excluding hydrogens is 416 g/mol. The average molecular weight is 443 g/mol. The Labute approximate surface area is 193 Å². The fourth-order valence-electron chi connectivity index (χ4n) is 3.30. The van der Waals surface area contributed by atoms with Crippen molar-refractivity contribution in [3.8, 4) is 5.75 Å². The summed E-state index contributed by atoms with van der Waals surface area (Å²) in [5, 5.41) is 0.711. The summed E-state index contributed by atoms with van der Waals surface area (Å²) in [4.78, 5) is 20.2. The molecule has 4 nitrogen and oxygen atoms in total. The zero-order chi connectivity index (χ0) is 22.5. The zero-order valence-corrected chi connectivity index (χ0v) is 19.3. The number of hydrogen-bond donors (Lipinski definition) is 0. The van der Waals surface area contributed by atoms with Crippen molar-refractivity contribution in [3.05, 3.63) is 100 Å². The third-order valence-electron chi connectivity index (χ3n) is 5.04. The molecule has 32 heavy (non-hydrogen) atoms. The quantitative estimate of drug-likeness (QED) is 0.405. The van der Waals surface area contributed by atoms with Crippen LogP contribution in [0.1, 0.15) is 30.5 Å². The molecule has 1 aliphatic rings. The topological polar surface area (TPSA) is 41.9 Å². The van der Waals surface area contributed by atoms with Gasteiger partial charge in [0.2, 0.25) is 0 Å². The minimum Gasteiger partial charge on any atom is -0.489 e. The minimum absolute atomic E-state index is 0.0136. The molecule has 0 atom stereocenters. The lowest BCUT2D eigenvalue weighted by molar-refractivity contribution is -0.123. The van der Waals surface area contributed by atoms with Crippen molar-refractivity contribution in [1.82, 2.24) is 4.90 Å². The van der Waals surface area contributed by atoms with Gasteiger partial charge in [-0.1, -0.05) is 60.2 Å². The fourth-order valence-corrected chi connectivity index (χ4v) is 4.42. The molecule has 5 heteroatoms. The largest absolute Gasteiger partial charge is 0.489 e. The molecule has 0 unspecified atom stereocenters. The molecule has 0 aliphatic carbocycles. The van der Waals surface area contributed by atoms with E-state index in [0.29, 0.717) is 16.7 Å². The van der Waals surface area contributed by atoms with Gasteiger partial charge in [0, 0.05) is 6.04 Å². The van der Waals surface area contributed by atoms with Crippen LogP contribution in [0.5, 0.6) is 5.75 Å². The Hall–Kier alpha value is -3.31. The predicted octanol–water partition coefficient (Wildman–Crippen LogP) is 6.59. The summed E-state index contributed by atoms with van der Waals surface area (Å²) in [5.74, 6) is 0.784. The summed E-state index contributed by atoms with van der Waals surface area (Å²) >= 11 is 1.42. The summed E-state index contributed by atoms with van der Waals surface area (Å²) < 4.78 is 5.86. The molecule has 4 rings (SSSR count). The van der Waals surface area contributed by atoms with Crippen LogP contribution in [-0.4, -0.2) is 22.0 Å². The zero-order valence-electron chi connectivity index (χ0n) is 18.5. The summed E-state index contributed by atoms with van der Waals surface area (Å²) in [6, 6.07) is 25.9. The Balaban J connectivity index is 1.50. The fraction of sp³-hybridized carbons (Fsp3) is 0.185. The Morgan fingerprint density at radius 1 is 0.969 bits per heavy atom. The molecular formula is C27H26N2O2S. The number of amides is 1. The molecule has 0 N–H and O–H groups in total. The van der Waals surface area contributed by atoms with Crippen LogP contribution < -0.4 is 4.74 Å². The molecule has 1 heterocycles. The molecule has 1 aliphatic heterocycles. The Bertz CT molecular complexity index is 1130. The Morgan fingerprint density at radius 3 is 2.31 bits per heavy atom. The van der Waals surface area contributed by atoms with Crippen molar-refractivity contribution in [1.29, 1.82) is 0 Å². The van der Waals surface area contributed by atoms with Gasteiger partial charge < -0.3 is 4.74 Å². The van der Waals surface area contributed by atoms with Gasteiger partial charge in [0.1, 0.15) is 12.4 Å². The van der Waals surface area contributed by atoms with E-state index in [4.69, 9.17) is 9.73 Å². The van der Waals surface area contributed by atoms with Gasteiger partial charge in [-0.3, -0.25) is 9.69 Å². The number of hydrogen-bond acceptors (Lipinski definition) is 4. The number of amidine groups is 1. The number of carbonyl (C=O) groups is 1. The van der Waals surface area contributed by atoms with E-state index >= 15 is 0 Å². The monoisotopic (exact) mass is 442 g/mol. The second-order valence-electron chi connectivity index (χ2n) is 7.95. The lowest BCUT2D eigenvalue weighted by atomic mass is 10.2. The molecule has 1 fully saturated rings. The van der Waals surface area contributed by atoms with Crippen molar-refractivity contribution in [3.63, 3.8) is 0 Å². The van der Waals surface area contributed by atoms with Gasteiger partial charge in [0.15, 0.2) is 5.17 Å². The van der Waals surface area contributed by atoms with Crippen molar-refractivity contribution >= 4 is 34.6 Å². The first-order valence-corrected chi connectivity index (χ1v) is 11.5. The Kier molecular flexibility index (Phi) is 6.76. The van der Waals surface area contributed by atoms with Crippen LogP contribution in [0.2, 0.25) is 0 Å². The molecule has 1 saturated heterocycles. The highest BCUT2D eigenvalue weighted by atomic mass is 32.2. The van der Waals surface area contributed by atoms with Crippen LogP contribution in [0.4, 0.5) is 5.69 Å². The SMILES string of the molecule is Cc1ccc(N=C2S/C(=C/c3ccc(OCc4ccccc4)cc3)C(=O)N2C(C)C)cc1. The predicted molar refractivity (Wildman–Crippen MR) is 133 cm³/mol. The maximum Gasteiger partial charge on any atom is 0.266 e. The van der Waals surface area contributed by atoms with Gasteiger partial charge in [0.25, 0.3) is 5.91 Å². The van der Waals surface area contributed by atoms with E-state index in [1.807, 2.05) is 106 Å². The van der Waals surface area contributed by atoms with Crippen LogP contribution in [0.3, 0.4) is 0 Å². The Morgan fingerprint density at radius 2 is 1.66 bits per heavy atom. The average Bonchev–Trinajstić information content (AvgIpc) is 3.10. The van der Waals surface area contributed by atoms with Gasteiger partial charge in [-0.15, -0.1) is 0 Å². The number of aryl methyl sites for hydroxylation is 1. The number of benzene rings is 3. The van der Waals surface area contributed by atoms with E-state index in [1.54, 1.807) is 4.90 Å². The lowest BCUT2D eigenvalue weighted by Gasteiger charge is -2.19. The highest BCUT2D eigenvalue weighted by Gasteiger charge is 2.35. The third-order valence-corrected chi connectivity index (χ3v) is 6.02. The second kappa shape index (κ2) is 9.88. The van der Waals surface area contributed by atoms with E-state index < -0.39 is 0 Å². The van der Waals surface area contributed by atoms with E-state index in [9.17, 15) is 4.79 Å². The van der Waals surface area contributed by atoms with Crippen molar-refractivity contribution in [2.24, 2.45) is 4.99 Å². The number of aliphatic imine (C=N–C) groups is 1. The van der Waals surface area contributed by atoms with Crippen LogP contribution in [0.15, 0.2) is 88.8 Å². The summed E-state index contributed by atoms with van der Waals surface area (Å²) in [7, 11) is 0. The molecule has 0 radical (unpaired) electrons. The smallest absolute Gasteiger partial charge is 0.266 e. The molecule has 3 aromatic rings. The summed E-state index contributed by atoms with van der Waals surface area (Å²) in [6.45, 7) is 6.58. The third kappa shape index (κ3) is 5.29. The molecule has 162 valence electrons. The lowest BCUT2D eigenvalue weighted by Crippen LogP contribution is -2.35. The van der Waals surface area contributed by atoms with Crippen LogP contribution in [0.25, 0.3) is 6.08 Å². The maximum atomic E-state index is 13.1. The first kappa shape index (κ1) is 21.9.